The van der Waals surface area contributed by atoms with Crippen LogP contribution in [0.3, 0.4) is 0 Å². The van der Waals surface area contributed by atoms with Gasteiger partial charge in [0.15, 0.2) is 0 Å². The first-order chi connectivity index (χ1) is 6.75. The number of hydrogen-bond acceptors (Lipinski definition) is 3. The van der Waals surface area contributed by atoms with Crippen molar-refractivity contribution in [3.63, 3.8) is 0 Å². The molecule has 1 aliphatic rings. The van der Waals surface area contributed by atoms with E-state index >= 15 is 0 Å². The van der Waals surface area contributed by atoms with Crippen molar-refractivity contribution in [1.82, 2.24) is 10.3 Å². The quantitative estimate of drug-likeness (QED) is 0.772. The van der Waals surface area contributed by atoms with Crippen LogP contribution >= 0.6 is 0 Å². The highest BCUT2D eigenvalue weighted by molar-refractivity contribution is 5.17. The van der Waals surface area contributed by atoms with Crippen molar-refractivity contribution < 1.29 is 9.13 Å². The van der Waals surface area contributed by atoms with Crippen LogP contribution in [-0.4, -0.2) is 24.2 Å². The van der Waals surface area contributed by atoms with Gasteiger partial charge in [0.2, 0.25) is 0 Å². The first kappa shape index (κ1) is 9.40. The Bertz CT molecular complexity index is 319. The van der Waals surface area contributed by atoms with E-state index in [9.17, 15) is 4.39 Å². The van der Waals surface area contributed by atoms with E-state index in [0.29, 0.717) is 11.7 Å². The zero-order valence-electron chi connectivity index (χ0n) is 8.03. The topological polar surface area (TPSA) is 34.1 Å². The van der Waals surface area contributed by atoms with Crippen molar-refractivity contribution in [2.75, 3.05) is 13.1 Å². The third kappa shape index (κ3) is 2.01. The van der Waals surface area contributed by atoms with Gasteiger partial charge in [0.1, 0.15) is 17.7 Å². The summed E-state index contributed by atoms with van der Waals surface area (Å²) < 4.78 is 18.4. The van der Waals surface area contributed by atoms with Crippen molar-refractivity contribution in [2.45, 2.75) is 13.0 Å². The van der Waals surface area contributed by atoms with Crippen molar-refractivity contribution in [3.05, 3.63) is 24.3 Å². The fourth-order valence-electron chi connectivity index (χ4n) is 1.58. The SMILES string of the molecule is CC1CNCC1Oc1cncc(F)c1. The monoisotopic (exact) mass is 196 g/mol. The molecule has 1 saturated heterocycles. The number of hydrogen-bond donors (Lipinski definition) is 1. The lowest BCUT2D eigenvalue weighted by Gasteiger charge is -2.16. The number of halogens is 1. The minimum absolute atomic E-state index is 0.124. The van der Waals surface area contributed by atoms with Crippen molar-refractivity contribution in [2.24, 2.45) is 5.92 Å². The average Bonchev–Trinajstić information content (AvgIpc) is 2.52. The summed E-state index contributed by atoms with van der Waals surface area (Å²) in [4.78, 5) is 3.73. The van der Waals surface area contributed by atoms with Gasteiger partial charge in [-0.15, -0.1) is 0 Å². The molecule has 1 fully saturated rings. The molecule has 2 atom stereocenters. The van der Waals surface area contributed by atoms with E-state index in [2.05, 4.69) is 17.2 Å². The lowest BCUT2D eigenvalue weighted by Crippen LogP contribution is -2.24. The maximum Gasteiger partial charge on any atom is 0.145 e. The minimum atomic E-state index is -0.360. The van der Waals surface area contributed by atoms with Gasteiger partial charge in [0.05, 0.1) is 12.4 Å². The molecule has 1 N–H and O–H groups in total. The molecule has 0 aliphatic carbocycles. The van der Waals surface area contributed by atoms with E-state index in [1.165, 1.54) is 18.5 Å². The zero-order valence-corrected chi connectivity index (χ0v) is 8.03. The Balaban J connectivity index is 2.03. The summed E-state index contributed by atoms with van der Waals surface area (Å²) in [6.45, 7) is 3.88. The number of pyridine rings is 1. The Kier molecular flexibility index (Phi) is 2.63. The third-order valence-corrected chi connectivity index (χ3v) is 2.41. The fraction of sp³-hybridized carbons (Fsp3) is 0.500. The molecular weight excluding hydrogens is 183 g/mol. The molecule has 1 aromatic heterocycles. The summed E-state index contributed by atoms with van der Waals surface area (Å²) in [6.07, 6.45) is 2.83. The molecule has 3 nitrogen and oxygen atoms in total. The molecule has 0 spiro atoms. The van der Waals surface area contributed by atoms with Gasteiger partial charge in [-0.1, -0.05) is 6.92 Å². The van der Waals surface area contributed by atoms with E-state index in [1.54, 1.807) is 0 Å². The maximum absolute atomic E-state index is 12.8. The predicted molar refractivity (Wildman–Crippen MR) is 50.6 cm³/mol. The summed E-state index contributed by atoms with van der Waals surface area (Å²) in [5, 5.41) is 3.22. The lowest BCUT2D eigenvalue weighted by molar-refractivity contribution is 0.181. The van der Waals surface area contributed by atoms with Gasteiger partial charge >= 0.3 is 0 Å². The van der Waals surface area contributed by atoms with Gasteiger partial charge in [-0.05, 0) is 0 Å². The minimum Gasteiger partial charge on any atom is -0.487 e. The molecule has 2 heterocycles. The van der Waals surface area contributed by atoms with Gasteiger partial charge in [0, 0.05) is 25.1 Å². The Hall–Kier alpha value is -1.16. The van der Waals surface area contributed by atoms with Gasteiger partial charge in [-0.2, -0.15) is 0 Å². The summed E-state index contributed by atoms with van der Waals surface area (Å²) >= 11 is 0. The van der Waals surface area contributed by atoms with Crippen LogP contribution in [0, 0.1) is 11.7 Å². The maximum atomic E-state index is 12.8. The lowest BCUT2D eigenvalue weighted by atomic mass is 10.1. The smallest absolute Gasteiger partial charge is 0.145 e. The third-order valence-electron chi connectivity index (χ3n) is 2.41. The summed E-state index contributed by atoms with van der Waals surface area (Å²) in [6, 6.07) is 1.36. The highest BCUT2D eigenvalue weighted by atomic mass is 19.1. The number of ether oxygens (including phenoxy) is 1. The average molecular weight is 196 g/mol. The Morgan fingerprint density at radius 1 is 1.50 bits per heavy atom. The molecule has 14 heavy (non-hydrogen) atoms. The molecule has 0 amide bonds. The van der Waals surface area contributed by atoms with Crippen LogP contribution in [0.2, 0.25) is 0 Å². The highest BCUT2D eigenvalue weighted by Crippen LogP contribution is 2.17. The van der Waals surface area contributed by atoms with Crippen molar-refractivity contribution in [3.8, 4) is 5.75 Å². The first-order valence-electron chi connectivity index (χ1n) is 4.73. The van der Waals surface area contributed by atoms with Crippen LogP contribution in [0.15, 0.2) is 18.5 Å². The second-order valence-corrected chi connectivity index (χ2v) is 3.63. The van der Waals surface area contributed by atoms with Gasteiger partial charge in [0.25, 0.3) is 0 Å². The Morgan fingerprint density at radius 3 is 3.00 bits per heavy atom. The summed E-state index contributed by atoms with van der Waals surface area (Å²) in [5.74, 6) is 0.602. The first-order valence-corrected chi connectivity index (χ1v) is 4.73. The van der Waals surface area contributed by atoms with Crippen LogP contribution in [0.4, 0.5) is 4.39 Å². The number of nitrogens with zero attached hydrogens (tertiary/aromatic N) is 1. The van der Waals surface area contributed by atoms with Crippen LogP contribution < -0.4 is 10.1 Å². The molecular formula is C10H13FN2O. The largest absolute Gasteiger partial charge is 0.487 e. The molecule has 0 radical (unpaired) electrons. The predicted octanol–water partition coefficient (Wildman–Crippen LogP) is 1.21. The van der Waals surface area contributed by atoms with Gasteiger partial charge in [-0.3, -0.25) is 4.98 Å². The second-order valence-electron chi connectivity index (χ2n) is 3.63. The standard InChI is InChI=1S/C10H13FN2O/c1-7-3-12-6-10(7)14-9-2-8(11)4-13-5-9/h2,4-5,7,10,12H,3,6H2,1H3. The Morgan fingerprint density at radius 2 is 2.36 bits per heavy atom. The molecule has 2 unspecified atom stereocenters. The molecule has 4 heteroatoms. The van der Waals surface area contributed by atoms with E-state index in [-0.39, 0.29) is 11.9 Å². The molecule has 0 saturated carbocycles. The molecule has 76 valence electrons. The second kappa shape index (κ2) is 3.92. The summed E-state index contributed by atoms with van der Waals surface area (Å²) in [7, 11) is 0. The number of nitrogens with one attached hydrogen (secondary N) is 1. The molecule has 1 aromatic rings. The molecule has 2 rings (SSSR count). The van der Waals surface area contributed by atoms with Crippen molar-refractivity contribution in [1.29, 1.82) is 0 Å². The number of aromatic nitrogens is 1. The normalized spacial score (nSPS) is 26.4. The van der Waals surface area contributed by atoms with Crippen LogP contribution in [0.25, 0.3) is 0 Å². The number of rotatable bonds is 2. The van der Waals surface area contributed by atoms with E-state index in [1.807, 2.05) is 0 Å². The van der Waals surface area contributed by atoms with Gasteiger partial charge in [-0.25, -0.2) is 4.39 Å². The Labute approximate surface area is 82.3 Å². The van der Waals surface area contributed by atoms with Crippen LogP contribution in [0.1, 0.15) is 6.92 Å². The van der Waals surface area contributed by atoms with Crippen LogP contribution in [0.5, 0.6) is 5.75 Å². The van der Waals surface area contributed by atoms with E-state index in [0.717, 1.165) is 13.1 Å². The molecule has 0 aromatic carbocycles. The highest BCUT2D eigenvalue weighted by Gasteiger charge is 2.24. The fourth-order valence-corrected chi connectivity index (χ4v) is 1.58. The van der Waals surface area contributed by atoms with E-state index < -0.39 is 0 Å². The van der Waals surface area contributed by atoms with E-state index in [4.69, 9.17) is 4.74 Å². The van der Waals surface area contributed by atoms with Crippen molar-refractivity contribution >= 4 is 0 Å². The summed E-state index contributed by atoms with van der Waals surface area (Å²) in [5.41, 5.74) is 0. The molecule has 0 bridgehead atoms. The molecule has 1 aliphatic heterocycles. The zero-order chi connectivity index (χ0) is 9.97. The van der Waals surface area contributed by atoms with Crippen LogP contribution in [-0.2, 0) is 0 Å². The van der Waals surface area contributed by atoms with Gasteiger partial charge < -0.3 is 10.1 Å².